The van der Waals surface area contributed by atoms with E-state index in [1.165, 1.54) is 0 Å². The molecule has 0 spiro atoms. The van der Waals surface area contributed by atoms with Crippen LogP contribution in [0.4, 0.5) is 0 Å². The average molecular weight is 448 g/mol. The molecule has 0 radical (unpaired) electrons. The van der Waals surface area contributed by atoms with E-state index in [-0.39, 0.29) is 35.9 Å². The minimum Gasteiger partial charge on any atom is -0.494 e. The van der Waals surface area contributed by atoms with Crippen LogP contribution in [-0.4, -0.2) is 42.5 Å². The highest BCUT2D eigenvalue weighted by Gasteiger charge is 2.46. The van der Waals surface area contributed by atoms with E-state index in [2.05, 4.69) is 16.7 Å². The third-order valence-corrected chi connectivity index (χ3v) is 7.44. The second-order valence-corrected chi connectivity index (χ2v) is 9.42. The molecule has 0 saturated carbocycles. The van der Waals surface area contributed by atoms with Crippen molar-refractivity contribution in [2.24, 2.45) is 5.92 Å². The fraction of sp³-hybridized carbons (Fsp3) is 0.481. The summed E-state index contributed by atoms with van der Waals surface area (Å²) in [5.74, 6) is 0.914. The van der Waals surface area contributed by atoms with Gasteiger partial charge in [-0.25, -0.2) is 0 Å². The van der Waals surface area contributed by atoms with Gasteiger partial charge in [0.2, 0.25) is 5.91 Å². The van der Waals surface area contributed by atoms with Crippen molar-refractivity contribution < 1.29 is 14.3 Å². The van der Waals surface area contributed by atoms with Gasteiger partial charge in [0.05, 0.1) is 24.6 Å². The van der Waals surface area contributed by atoms with Gasteiger partial charge in [-0.15, -0.1) is 0 Å². The summed E-state index contributed by atoms with van der Waals surface area (Å²) in [6, 6.07) is 13.9. The van der Waals surface area contributed by atoms with Crippen LogP contribution < -0.4 is 15.4 Å². The van der Waals surface area contributed by atoms with E-state index in [9.17, 15) is 9.59 Å². The van der Waals surface area contributed by atoms with Gasteiger partial charge in [0.1, 0.15) is 5.75 Å². The minimum atomic E-state index is -0.123. The molecule has 2 aromatic rings. The summed E-state index contributed by atoms with van der Waals surface area (Å²) < 4.78 is 5.82. The number of hydrogen-bond acceptors (Lipinski definition) is 4. The highest BCUT2D eigenvalue weighted by atomic mass is 16.5. The number of rotatable bonds is 5. The Kier molecular flexibility index (Phi) is 6.11. The molecule has 3 aliphatic rings. The number of nitrogens with one attached hydrogen (secondary N) is 2. The van der Waals surface area contributed by atoms with Gasteiger partial charge in [-0.3, -0.25) is 9.59 Å². The Morgan fingerprint density at radius 3 is 2.88 bits per heavy atom. The lowest BCUT2D eigenvalue weighted by molar-refractivity contribution is -0.145. The van der Waals surface area contributed by atoms with Crippen molar-refractivity contribution in [2.75, 3.05) is 19.7 Å². The molecule has 3 aliphatic heterocycles. The third kappa shape index (κ3) is 4.12. The zero-order valence-corrected chi connectivity index (χ0v) is 19.5. The number of piperidine rings is 2. The first kappa shape index (κ1) is 22.0. The van der Waals surface area contributed by atoms with Gasteiger partial charge < -0.3 is 20.3 Å². The van der Waals surface area contributed by atoms with Gasteiger partial charge in [0.15, 0.2) is 0 Å². The maximum Gasteiger partial charge on any atom is 0.252 e. The Hall–Kier alpha value is -2.86. The lowest BCUT2D eigenvalue weighted by Gasteiger charge is -2.48. The maximum absolute atomic E-state index is 13.6. The van der Waals surface area contributed by atoms with Gasteiger partial charge in [-0.2, -0.15) is 0 Å². The second-order valence-electron chi connectivity index (χ2n) is 9.42. The summed E-state index contributed by atoms with van der Waals surface area (Å²) in [6.07, 6.45) is 3.60. The molecule has 6 heteroatoms. The standard InChI is InChI=1S/C27H33N3O3/c1-3-33-20-14-19-11-13-30-24(16-23-21(27(30)32)10-7-12-28-23)25(19)22(15-20)26(31)29-17(2)18-8-5-4-6-9-18/h4-6,8-9,14-15,17,21,23-24,28H,3,7,10-13,16H2,1-2H3,(H,29,31)/t17-,21+,23+,24+/m1/s1. The molecule has 0 unspecified atom stereocenters. The topological polar surface area (TPSA) is 70.7 Å². The number of nitrogens with zero attached hydrogens (tertiary/aromatic N) is 1. The number of carbonyl (C=O) groups is 2. The Balaban J connectivity index is 1.51. The van der Waals surface area contributed by atoms with Crippen LogP contribution in [0.5, 0.6) is 5.75 Å². The van der Waals surface area contributed by atoms with E-state index in [4.69, 9.17) is 4.74 Å². The Bertz CT molecular complexity index is 1040. The Morgan fingerprint density at radius 2 is 2.09 bits per heavy atom. The first-order valence-corrected chi connectivity index (χ1v) is 12.3. The number of carbonyl (C=O) groups excluding carboxylic acids is 2. The van der Waals surface area contributed by atoms with Crippen molar-refractivity contribution in [2.45, 2.75) is 57.7 Å². The lowest BCUT2D eigenvalue weighted by Crippen LogP contribution is -2.58. The number of hydrogen-bond donors (Lipinski definition) is 2. The van der Waals surface area contributed by atoms with Gasteiger partial charge in [0.25, 0.3) is 5.91 Å². The maximum atomic E-state index is 13.6. The molecule has 4 atom stereocenters. The van der Waals surface area contributed by atoms with Crippen LogP contribution in [0.2, 0.25) is 0 Å². The van der Waals surface area contributed by atoms with Crippen LogP contribution in [0.15, 0.2) is 42.5 Å². The highest BCUT2D eigenvalue weighted by Crippen LogP contribution is 2.43. The summed E-state index contributed by atoms with van der Waals surface area (Å²) >= 11 is 0. The number of fused-ring (bicyclic) bond motifs is 4. The number of amides is 2. The third-order valence-electron chi connectivity index (χ3n) is 7.44. The van der Waals surface area contributed by atoms with Gasteiger partial charge in [0, 0.05) is 18.2 Å². The van der Waals surface area contributed by atoms with Crippen LogP contribution in [0, 0.1) is 5.92 Å². The molecule has 6 nitrogen and oxygen atoms in total. The van der Waals surface area contributed by atoms with Crippen molar-refractivity contribution in [3.05, 3.63) is 64.7 Å². The first-order valence-electron chi connectivity index (χ1n) is 12.3. The van der Waals surface area contributed by atoms with E-state index in [1.54, 1.807) is 0 Å². The molecule has 2 N–H and O–H groups in total. The monoisotopic (exact) mass is 447 g/mol. The Morgan fingerprint density at radius 1 is 1.27 bits per heavy atom. The summed E-state index contributed by atoms with van der Waals surface area (Å²) in [5.41, 5.74) is 3.82. The van der Waals surface area contributed by atoms with Crippen molar-refractivity contribution >= 4 is 11.8 Å². The summed E-state index contributed by atoms with van der Waals surface area (Å²) in [7, 11) is 0. The van der Waals surface area contributed by atoms with Crippen molar-refractivity contribution in [1.82, 2.24) is 15.5 Å². The van der Waals surface area contributed by atoms with Crippen LogP contribution in [0.25, 0.3) is 0 Å². The van der Waals surface area contributed by atoms with E-state index >= 15 is 0 Å². The summed E-state index contributed by atoms with van der Waals surface area (Å²) in [4.78, 5) is 29.0. The van der Waals surface area contributed by atoms with Crippen LogP contribution >= 0.6 is 0 Å². The quantitative estimate of drug-likeness (QED) is 0.732. The largest absolute Gasteiger partial charge is 0.494 e. The van der Waals surface area contributed by atoms with Gasteiger partial charge in [-0.1, -0.05) is 30.3 Å². The zero-order valence-electron chi connectivity index (χ0n) is 19.5. The fourth-order valence-corrected chi connectivity index (χ4v) is 5.83. The minimum absolute atomic E-state index is 0.0645. The molecule has 5 rings (SSSR count). The summed E-state index contributed by atoms with van der Waals surface area (Å²) in [5, 5.41) is 6.76. The molecule has 0 bridgehead atoms. The molecule has 33 heavy (non-hydrogen) atoms. The van der Waals surface area contributed by atoms with Gasteiger partial charge >= 0.3 is 0 Å². The molecule has 2 fully saturated rings. The van der Waals surface area contributed by atoms with Crippen molar-refractivity contribution in [3.63, 3.8) is 0 Å². The van der Waals surface area contributed by atoms with Crippen molar-refractivity contribution in [1.29, 1.82) is 0 Å². The van der Waals surface area contributed by atoms with Crippen LogP contribution in [0.1, 0.15) is 72.2 Å². The molecule has 0 aromatic heterocycles. The fourth-order valence-electron chi connectivity index (χ4n) is 5.83. The lowest BCUT2D eigenvalue weighted by atomic mass is 9.75. The average Bonchev–Trinajstić information content (AvgIpc) is 2.84. The predicted octanol–water partition coefficient (Wildman–Crippen LogP) is 3.77. The first-order chi connectivity index (χ1) is 16.1. The van der Waals surface area contributed by atoms with E-state index in [1.807, 2.05) is 55.1 Å². The highest BCUT2D eigenvalue weighted by molar-refractivity contribution is 5.97. The number of ether oxygens (including phenoxy) is 1. The molecular formula is C27H33N3O3. The predicted molar refractivity (Wildman–Crippen MR) is 127 cm³/mol. The molecule has 0 aliphatic carbocycles. The Labute approximate surface area is 195 Å². The summed E-state index contributed by atoms with van der Waals surface area (Å²) in [6.45, 7) is 6.16. The number of benzene rings is 2. The molecule has 2 amide bonds. The normalized spacial score (nSPS) is 24.8. The van der Waals surface area contributed by atoms with Crippen molar-refractivity contribution in [3.8, 4) is 5.75 Å². The second kappa shape index (κ2) is 9.18. The van der Waals surface area contributed by atoms with Crippen LogP contribution in [0.3, 0.4) is 0 Å². The van der Waals surface area contributed by atoms with Gasteiger partial charge in [-0.05, 0) is 74.9 Å². The zero-order chi connectivity index (χ0) is 22.9. The van der Waals surface area contributed by atoms with Crippen LogP contribution in [-0.2, 0) is 11.2 Å². The molecule has 2 saturated heterocycles. The smallest absolute Gasteiger partial charge is 0.252 e. The van der Waals surface area contributed by atoms with E-state index < -0.39 is 0 Å². The SMILES string of the molecule is CCOc1cc2c(c(C(=O)N[C@H](C)c3ccccc3)c1)[C@@H]1C[C@@H]3NCCC[C@@H]3C(=O)N1CC2. The molecule has 2 aromatic carbocycles. The van der Waals surface area contributed by atoms with E-state index in [0.29, 0.717) is 18.7 Å². The molecular weight excluding hydrogens is 414 g/mol. The molecule has 3 heterocycles. The van der Waals surface area contributed by atoms with E-state index in [0.717, 1.165) is 54.7 Å². The molecule has 174 valence electrons.